The predicted octanol–water partition coefficient (Wildman–Crippen LogP) is 3.25. The van der Waals surface area contributed by atoms with Crippen molar-refractivity contribution in [3.63, 3.8) is 0 Å². The van der Waals surface area contributed by atoms with E-state index in [-0.39, 0.29) is 11.6 Å². The van der Waals surface area contributed by atoms with Crippen LogP contribution in [0.1, 0.15) is 18.5 Å². The van der Waals surface area contributed by atoms with Crippen LogP contribution in [0.25, 0.3) is 5.69 Å². The number of amides is 2. The summed E-state index contributed by atoms with van der Waals surface area (Å²) in [7, 11) is 0. The molecule has 2 aromatic rings. The molecule has 0 saturated carbocycles. The highest BCUT2D eigenvalue weighted by molar-refractivity contribution is 6.30. The van der Waals surface area contributed by atoms with Gasteiger partial charge < -0.3 is 14.4 Å². The fourth-order valence-corrected chi connectivity index (χ4v) is 3.86. The van der Waals surface area contributed by atoms with Crippen molar-refractivity contribution >= 4 is 23.4 Å². The van der Waals surface area contributed by atoms with Crippen molar-refractivity contribution in [1.29, 1.82) is 0 Å². The Kier molecular flexibility index (Phi) is 5.08. The summed E-state index contributed by atoms with van der Waals surface area (Å²) in [6.45, 7) is 4.85. The zero-order valence-electron chi connectivity index (χ0n) is 15.3. The van der Waals surface area contributed by atoms with E-state index >= 15 is 0 Å². The standard InChI is InChI=1S/C19H23ClN4O3/c1-14-10-17(22-24(14)16-5-2-4-15(20)11-16)21-18(25)23-7-9-27-19(12-23)6-3-8-26-13-19/h2,4-5,10-11H,3,6-9,12-13H2,1H3,(H,21,22,25). The number of carbonyl (C=O) groups excluding carboxylic acids is 1. The summed E-state index contributed by atoms with van der Waals surface area (Å²) < 4.78 is 13.3. The molecule has 2 amide bonds. The largest absolute Gasteiger partial charge is 0.378 e. The number of benzene rings is 1. The van der Waals surface area contributed by atoms with Gasteiger partial charge in [-0.15, -0.1) is 5.10 Å². The molecule has 144 valence electrons. The van der Waals surface area contributed by atoms with E-state index in [1.807, 2.05) is 37.3 Å². The lowest BCUT2D eigenvalue weighted by atomic mass is 9.94. The highest BCUT2D eigenvalue weighted by Crippen LogP contribution is 2.28. The van der Waals surface area contributed by atoms with Crippen LogP contribution in [-0.2, 0) is 9.47 Å². The Balaban J connectivity index is 1.46. The number of urea groups is 1. The molecule has 1 atom stereocenters. The maximum absolute atomic E-state index is 12.8. The number of hydrogen-bond donors (Lipinski definition) is 1. The molecule has 2 saturated heterocycles. The monoisotopic (exact) mass is 390 g/mol. The number of morpholine rings is 1. The minimum absolute atomic E-state index is 0.168. The summed E-state index contributed by atoms with van der Waals surface area (Å²) in [5.74, 6) is 0.512. The lowest BCUT2D eigenvalue weighted by Gasteiger charge is -2.44. The first-order valence-electron chi connectivity index (χ1n) is 9.15. The number of anilines is 1. The van der Waals surface area contributed by atoms with Gasteiger partial charge in [-0.1, -0.05) is 17.7 Å². The molecule has 1 unspecified atom stereocenters. The van der Waals surface area contributed by atoms with Crippen LogP contribution in [0.4, 0.5) is 10.6 Å². The van der Waals surface area contributed by atoms with Crippen molar-refractivity contribution in [2.75, 3.05) is 38.2 Å². The van der Waals surface area contributed by atoms with Gasteiger partial charge in [0.1, 0.15) is 5.60 Å². The molecule has 0 radical (unpaired) electrons. The van der Waals surface area contributed by atoms with Gasteiger partial charge in [0.05, 0.1) is 25.4 Å². The van der Waals surface area contributed by atoms with Crippen molar-refractivity contribution in [2.24, 2.45) is 0 Å². The van der Waals surface area contributed by atoms with Crippen LogP contribution >= 0.6 is 11.6 Å². The molecule has 27 heavy (non-hydrogen) atoms. The molecular formula is C19H23ClN4O3. The topological polar surface area (TPSA) is 68.6 Å². The van der Waals surface area contributed by atoms with Gasteiger partial charge in [-0.05, 0) is 38.0 Å². The number of aryl methyl sites for hydroxylation is 1. The first-order valence-corrected chi connectivity index (χ1v) is 9.53. The SMILES string of the molecule is Cc1cc(NC(=O)N2CCOC3(CCCOC3)C2)nn1-c1cccc(Cl)c1. The predicted molar refractivity (Wildman–Crippen MR) is 103 cm³/mol. The third kappa shape index (κ3) is 3.95. The molecule has 3 heterocycles. The van der Waals surface area contributed by atoms with E-state index in [1.165, 1.54) is 0 Å². The number of halogens is 1. The van der Waals surface area contributed by atoms with Crippen LogP contribution in [0.15, 0.2) is 30.3 Å². The summed E-state index contributed by atoms with van der Waals surface area (Å²) in [5, 5.41) is 8.05. The fourth-order valence-electron chi connectivity index (χ4n) is 3.68. The zero-order chi connectivity index (χ0) is 18.9. The Bertz CT molecular complexity index is 827. The van der Waals surface area contributed by atoms with Crippen molar-refractivity contribution in [3.8, 4) is 5.69 Å². The minimum Gasteiger partial charge on any atom is -0.378 e. The summed E-state index contributed by atoms with van der Waals surface area (Å²) in [5.41, 5.74) is 1.39. The van der Waals surface area contributed by atoms with Gasteiger partial charge in [0.25, 0.3) is 0 Å². The smallest absolute Gasteiger partial charge is 0.323 e. The van der Waals surface area contributed by atoms with Gasteiger partial charge in [0.15, 0.2) is 5.82 Å². The number of nitrogens with zero attached hydrogens (tertiary/aromatic N) is 3. The number of nitrogens with one attached hydrogen (secondary N) is 1. The molecule has 4 rings (SSSR count). The lowest BCUT2D eigenvalue weighted by molar-refractivity contribution is -0.159. The van der Waals surface area contributed by atoms with Crippen LogP contribution in [-0.4, -0.2) is 59.2 Å². The molecular weight excluding hydrogens is 368 g/mol. The second kappa shape index (κ2) is 7.50. The Labute approximate surface area is 163 Å². The summed E-state index contributed by atoms with van der Waals surface area (Å²) in [6.07, 6.45) is 1.87. The van der Waals surface area contributed by atoms with E-state index in [9.17, 15) is 4.79 Å². The number of rotatable bonds is 2. The number of ether oxygens (including phenoxy) is 2. The summed E-state index contributed by atoms with van der Waals surface area (Å²) in [6, 6.07) is 9.12. The highest BCUT2D eigenvalue weighted by Gasteiger charge is 2.40. The normalized spacial score (nSPS) is 22.8. The molecule has 1 spiro atoms. The van der Waals surface area contributed by atoms with Gasteiger partial charge in [-0.3, -0.25) is 5.32 Å². The van der Waals surface area contributed by atoms with Crippen molar-refractivity contribution in [3.05, 3.63) is 41.0 Å². The molecule has 2 aliphatic heterocycles. The van der Waals surface area contributed by atoms with E-state index in [1.54, 1.807) is 9.58 Å². The first-order chi connectivity index (χ1) is 13.0. The van der Waals surface area contributed by atoms with E-state index in [2.05, 4.69) is 10.4 Å². The number of aromatic nitrogens is 2. The maximum atomic E-state index is 12.8. The highest BCUT2D eigenvalue weighted by atomic mass is 35.5. The van der Waals surface area contributed by atoms with E-state index in [0.717, 1.165) is 30.8 Å². The van der Waals surface area contributed by atoms with Crippen molar-refractivity contribution < 1.29 is 14.3 Å². The Hall–Kier alpha value is -2.09. The molecule has 1 aromatic carbocycles. The lowest BCUT2D eigenvalue weighted by Crippen LogP contribution is -2.58. The Morgan fingerprint density at radius 1 is 1.33 bits per heavy atom. The summed E-state index contributed by atoms with van der Waals surface area (Å²) in [4.78, 5) is 14.5. The van der Waals surface area contributed by atoms with Crippen LogP contribution < -0.4 is 5.32 Å². The average Bonchev–Trinajstić information content (AvgIpc) is 3.02. The summed E-state index contributed by atoms with van der Waals surface area (Å²) >= 11 is 6.07. The van der Waals surface area contributed by atoms with Gasteiger partial charge >= 0.3 is 6.03 Å². The molecule has 2 fully saturated rings. The van der Waals surface area contributed by atoms with Crippen LogP contribution in [0, 0.1) is 6.92 Å². The Morgan fingerprint density at radius 2 is 2.22 bits per heavy atom. The molecule has 7 nitrogen and oxygen atoms in total. The molecule has 2 aliphatic rings. The van der Waals surface area contributed by atoms with Crippen LogP contribution in [0.3, 0.4) is 0 Å². The molecule has 0 aliphatic carbocycles. The molecule has 8 heteroatoms. The first kappa shape index (κ1) is 18.3. The van der Waals surface area contributed by atoms with E-state index in [4.69, 9.17) is 21.1 Å². The zero-order valence-corrected chi connectivity index (χ0v) is 16.0. The van der Waals surface area contributed by atoms with Crippen LogP contribution in [0.5, 0.6) is 0 Å². The maximum Gasteiger partial charge on any atom is 0.323 e. The van der Waals surface area contributed by atoms with Gasteiger partial charge in [-0.25, -0.2) is 9.48 Å². The fraction of sp³-hybridized carbons (Fsp3) is 0.474. The van der Waals surface area contributed by atoms with Crippen LogP contribution in [0.2, 0.25) is 5.02 Å². The Morgan fingerprint density at radius 3 is 3.00 bits per heavy atom. The van der Waals surface area contributed by atoms with E-state index < -0.39 is 0 Å². The quantitative estimate of drug-likeness (QED) is 0.854. The van der Waals surface area contributed by atoms with E-state index in [0.29, 0.717) is 37.1 Å². The molecule has 1 N–H and O–H groups in total. The average molecular weight is 391 g/mol. The number of hydrogen-bond acceptors (Lipinski definition) is 4. The van der Waals surface area contributed by atoms with Crippen molar-refractivity contribution in [1.82, 2.24) is 14.7 Å². The molecule has 1 aromatic heterocycles. The second-order valence-corrected chi connectivity index (χ2v) is 7.54. The second-order valence-electron chi connectivity index (χ2n) is 7.10. The number of carbonyl (C=O) groups is 1. The third-order valence-corrected chi connectivity index (χ3v) is 5.23. The van der Waals surface area contributed by atoms with Gasteiger partial charge in [0.2, 0.25) is 0 Å². The molecule has 0 bridgehead atoms. The van der Waals surface area contributed by atoms with Gasteiger partial charge in [0, 0.05) is 29.9 Å². The van der Waals surface area contributed by atoms with Gasteiger partial charge in [-0.2, -0.15) is 0 Å². The third-order valence-electron chi connectivity index (χ3n) is 5.00. The minimum atomic E-state index is -0.371. The van der Waals surface area contributed by atoms with Crippen molar-refractivity contribution in [2.45, 2.75) is 25.4 Å².